The van der Waals surface area contributed by atoms with E-state index in [0.717, 1.165) is 34.0 Å². The summed E-state index contributed by atoms with van der Waals surface area (Å²) in [7, 11) is 0. The molecule has 3 rings (SSSR count). The van der Waals surface area contributed by atoms with Crippen LogP contribution in [-0.4, -0.2) is 12.6 Å². The number of benzene rings is 3. The van der Waals surface area contributed by atoms with E-state index in [0.29, 0.717) is 18.6 Å². The van der Waals surface area contributed by atoms with Gasteiger partial charge in [-0.25, -0.2) is 0 Å². The van der Waals surface area contributed by atoms with Gasteiger partial charge in [0.15, 0.2) is 0 Å². The van der Waals surface area contributed by atoms with Crippen molar-refractivity contribution in [3.8, 4) is 11.1 Å². The van der Waals surface area contributed by atoms with E-state index in [2.05, 4.69) is 0 Å². The van der Waals surface area contributed by atoms with Crippen molar-refractivity contribution in [3.63, 3.8) is 0 Å². The van der Waals surface area contributed by atoms with E-state index < -0.39 is 11.7 Å². The summed E-state index contributed by atoms with van der Waals surface area (Å²) in [5, 5.41) is 1.94. The summed E-state index contributed by atoms with van der Waals surface area (Å²) in [5.74, 6) is -0.262. The molecule has 140 valence electrons. The van der Waals surface area contributed by atoms with Crippen molar-refractivity contribution in [1.82, 2.24) is 0 Å². The minimum atomic E-state index is -4.36. The van der Waals surface area contributed by atoms with Crippen LogP contribution in [0.15, 0.2) is 60.7 Å². The van der Waals surface area contributed by atoms with Gasteiger partial charge >= 0.3 is 12.1 Å². The predicted octanol–water partition coefficient (Wildman–Crippen LogP) is 6.02. The molecule has 0 radical (unpaired) electrons. The second-order valence-corrected chi connectivity index (χ2v) is 6.24. The van der Waals surface area contributed by atoms with Crippen LogP contribution in [0.1, 0.15) is 24.5 Å². The molecule has 0 spiro atoms. The third-order valence-electron chi connectivity index (χ3n) is 4.37. The van der Waals surface area contributed by atoms with Gasteiger partial charge in [-0.15, -0.1) is 0 Å². The zero-order valence-electron chi connectivity index (χ0n) is 14.8. The van der Waals surface area contributed by atoms with E-state index in [1.54, 1.807) is 6.92 Å². The number of carbonyl (C=O) groups is 1. The summed E-state index contributed by atoms with van der Waals surface area (Å²) in [6, 6.07) is 16.8. The van der Waals surface area contributed by atoms with Gasteiger partial charge < -0.3 is 4.74 Å². The van der Waals surface area contributed by atoms with Crippen LogP contribution in [0.2, 0.25) is 0 Å². The van der Waals surface area contributed by atoms with Crippen LogP contribution in [0.3, 0.4) is 0 Å². The van der Waals surface area contributed by atoms with E-state index in [9.17, 15) is 18.0 Å². The zero-order valence-corrected chi connectivity index (χ0v) is 14.8. The van der Waals surface area contributed by atoms with Crippen LogP contribution in [0.25, 0.3) is 21.9 Å². The Kier molecular flexibility index (Phi) is 5.49. The molecule has 0 aliphatic rings. The van der Waals surface area contributed by atoms with E-state index in [4.69, 9.17) is 4.74 Å². The van der Waals surface area contributed by atoms with Crippen molar-refractivity contribution in [1.29, 1.82) is 0 Å². The van der Waals surface area contributed by atoms with Crippen LogP contribution in [0.5, 0.6) is 0 Å². The Morgan fingerprint density at radius 3 is 2.37 bits per heavy atom. The van der Waals surface area contributed by atoms with Crippen LogP contribution >= 0.6 is 0 Å². The van der Waals surface area contributed by atoms with Gasteiger partial charge in [0.25, 0.3) is 0 Å². The third kappa shape index (κ3) is 4.48. The van der Waals surface area contributed by atoms with Gasteiger partial charge in [-0.2, -0.15) is 13.2 Å². The van der Waals surface area contributed by atoms with Gasteiger partial charge in [0.05, 0.1) is 12.2 Å². The molecule has 0 N–H and O–H groups in total. The second kappa shape index (κ2) is 7.82. The summed E-state index contributed by atoms with van der Waals surface area (Å²) in [6.07, 6.45) is -3.59. The lowest BCUT2D eigenvalue weighted by Gasteiger charge is -2.12. The first-order chi connectivity index (χ1) is 12.9. The molecule has 0 saturated carbocycles. The lowest BCUT2D eigenvalue weighted by molar-refractivity contribution is -0.143. The van der Waals surface area contributed by atoms with Crippen LogP contribution in [-0.2, 0) is 22.1 Å². The number of hydrogen-bond donors (Lipinski definition) is 0. The largest absolute Gasteiger partial charge is 0.466 e. The molecule has 0 aliphatic heterocycles. The Balaban J connectivity index is 1.99. The molecule has 0 aliphatic carbocycles. The molecule has 3 aromatic rings. The number of ether oxygens (including phenoxy) is 1. The van der Waals surface area contributed by atoms with Crippen molar-refractivity contribution in [2.24, 2.45) is 0 Å². The maximum atomic E-state index is 12.8. The Bertz CT molecular complexity index is 944. The average Bonchev–Trinajstić information content (AvgIpc) is 2.65. The molecule has 3 aromatic carbocycles. The number of fused-ring (bicyclic) bond motifs is 1. The molecule has 2 nitrogen and oxygen atoms in total. The smallest absolute Gasteiger partial charge is 0.416 e. The minimum absolute atomic E-state index is 0.262. The van der Waals surface area contributed by atoms with Gasteiger partial charge in [-0.05, 0) is 52.9 Å². The highest BCUT2D eigenvalue weighted by molar-refractivity contribution is 5.97. The van der Waals surface area contributed by atoms with E-state index >= 15 is 0 Å². The van der Waals surface area contributed by atoms with Crippen molar-refractivity contribution < 1.29 is 22.7 Å². The Hall–Kier alpha value is -2.82. The molecule has 0 fully saturated rings. The minimum Gasteiger partial charge on any atom is -0.466 e. The lowest BCUT2D eigenvalue weighted by Crippen LogP contribution is -2.05. The molecule has 0 unspecified atom stereocenters. The SMILES string of the molecule is CCOC(=O)CCc1cc(-c2ccc(C(F)(F)F)cc2)c2ccccc2c1. The number of carbonyl (C=O) groups excluding carboxylic acids is 1. The highest BCUT2D eigenvalue weighted by Crippen LogP contribution is 2.34. The Labute approximate surface area is 155 Å². The molecule has 0 heterocycles. The quantitative estimate of drug-likeness (QED) is 0.512. The molecule has 5 heteroatoms. The zero-order chi connectivity index (χ0) is 19.4. The van der Waals surface area contributed by atoms with Crippen LogP contribution in [0, 0.1) is 0 Å². The fourth-order valence-corrected chi connectivity index (χ4v) is 3.07. The Morgan fingerprint density at radius 2 is 1.70 bits per heavy atom. The summed E-state index contributed by atoms with van der Waals surface area (Å²) in [6.45, 7) is 2.10. The van der Waals surface area contributed by atoms with Crippen LogP contribution < -0.4 is 0 Å². The topological polar surface area (TPSA) is 26.3 Å². The monoisotopic (exact) mass is 372 g/mol. The number of alkyl halides is 3. The first kappa shape index (κ1) is 19.0. The van der Waals surface area contributed by atoms with Crippen molar-refractivity contribution >= 4 is 16.7 Å². The van der Waals surface area contributed by atoms with E-state index in [1.165, 1.54) is 12.1 Å². The number of rotatable bonds is 5. The van der Waals surface area contributed by atoms with Crippen molar-refractivity contribution in [3.05, 3.63) is 71.8 Å². The maximum Gasteiger partial charge on any atom is 0.416 e. The van der Waals surface area contributed by atoms with Gasteiger partial charge in [0.2, 0.25) is 0 Å². The summed E-state index contributed by atoms with van der Waals surface area (Å²) < 4.78 is 43.5. The van der Waals surface area contributed by atoms with E-state index in [-0.39, 0.29) is 12.4 Å². The molecule has 0 aromatic heterocycles. The summed E-state index contributed by atoms with van der Waals surface area (Å²) in [4.78, 5) is 11.6. The summed E-state index contributed by atoms with van der Waals surface area (Å²) in [5.41, 5.74) is 1.82. The lowest BCUT2D eigenvalue weighted by atomic mass is 9.93. The molecular formula is C22H19F3O2. The van der Waals surface area contributed by atoms with Crippen molar-refractivity contribution in [2.75, 3.05) is 6.61 Å². The third-order valence-corrected chi connectivity index (χ3v) is 4.37. The number of esters is 1. The van der Waals surface area contributed by atoms with Crippen LogP contribution in [0.4, 0.5) is 13.2 Å². The first-order valence-electron chi connectivity index (χ1n) is 8.73. The Morgan fingerprint density at radius 1 is 1.00 bits per heavy atom. The number of hydrogen-bond acceptors (Lipinski definition) is 2. The maximum absolute atomic E-state index is 12.8. The fraction of sp³-hybridized carbons (Fsp3) is 0.227. The average molecular weight is 372 g/mol. The highest BCUT2D eigenvalue weighted by Gasteiger charge is 2.30. The predicted molar refractivity (Wildman–Crippen MR) is 99.3 cm³/mol. The highest BCUT2D eigenvalue weighted by atomic mass is 19.4. The molecule has 0 amide bonds. The fourth-order valence-electron chi connectivity index (χ4n) is 3.07. The van der Waals surface area contributed by atoms with Gasteiger partial charge in [-0.3, -0.25) is 4.79 Å². The van der Waals surface area contributed by atoms with Gasteiger partial charge in [0, 0.05) is 6.42 Å². The molecule has 0 bridgehead atoms. The molecular weight excluding hydrogens is 353 g/mol. The first-order valence-corrected chi connectivity index (χ1v) is 8.73. The van der Waals surface area contributed by atoms with Gasteiger partial charge in [-0.1, -0.05) is 48.5 Å². The number of aryl methyl sites for hydroxylation is 1. The molecule has 0 saturated heterocycles. The normalized spacial score (nSPS) is 11.6. The summed E-state index contributed by atoms with van der Waals surface area (Å²) >= 11 is 0. The number of halogens is 3. The molecule has 0 atom stereocenters. The standard InChI is InChI=1S/C22H19F3O2/c1-2-27-21(26)12-7-15-13-17-5-3-4-6-19(17)20(14-15)16-8-10-18(11-9-16)22(23,24)25/h3-6,8-11,13-14H,2,7,12H2,1H3. The van der Waals surface area contributed by atoms with Gasteiger partial charge in [0.1, 0.15) is 0 Å². The van der Waals surface area contributed by atoms with E-state index in [1.807, 2.05) is 36.4 Å². The molecule has 27 heavy (non-hydrogen) atoms. The van der Waals surface area contributed by atoms with Crippen molar-refractivity contribution in [2.45, 2.75) is 25.9 Å². The second-order valence-electron chi connectivity index (χ2n) is 6.24.